The van der Waals surface area contributed by atoms with E-state index in [-0.39, 0.29) is 5.91 Å². The minimum atomic E-state index is -0.210. The van der Waals surface area contributed by atoms with Crippen LogP contribution in [0.4, 0.5) is 11.5 Å². The number of nitrogens with one attached hydrogen (secondary N) is 2. The lowest BCUT2D eigenvalue weighted by molar-refractivity contribution is 0.102. The van der Waals surface area contributed by atoms with E-state index < -0.39 is 0 Å². The zero-order valence-electron chi connectivity index (χ0n) is 15.0. The number of hydrogen-bond donors (Lipinski definition) is 2. The number of benzene rings is 1. The van der Waals surface area contributed by atoms with E-state index in [9.17, 15) is 4.79 Å². The van der Waals surface area contributed by atoms with Crippen LogP contribution in [-0.2, 0) is 0 Å². The number of nitrogens with zero attached hydrogens (tertiary/aromatic N) is 2. The number of amides is 1. The zero-order chi connectivity index (χ0) is 17.6. The van der Waals surface area contributed by atoms with E-state index in [4.69, 9.17) is 0 Å². The van der Waals surface area contributed by atoms with Crippen LogP contribution >= 0.6 is 0 Å². The van der Waals surface area contributed by atoms with Crippen LogP contribution in [0.15, 0.2) is 30.6 Å². The summed E-state index contributed by atoms with van der Waals surface area (Å²) in [5.41, 5.74) is 3.41. The first kappa shape index (κ1) is 17.4. The number of anilines is 2. The van der Waals surface area contributed by atoms with E-state index in [1.165, 1.54) is 37.6 Å². The molecule has 1 fully saturated rings. The van der Waals surface area contributed by atoms with Gasteiger partial charge in [-0.1, -0.05) is 43.4 Å². The number of carbonyl (C=O) groups is 1. The van der Waals surface area contributed by atoms with E-state index in [1.807, 2.05) is 26.0 Å². The molecule has 25 heavy (non-hydrogen) atoms. The third kappa shape index (κ3) is 4.78. The maximum absolute atomic E-state index is 12.5. The van der Waals surface area contributed by atoms with Gasteiger partial charge in [-0.25, -0.2) is 9.97 Å². The van der Waals surface area contributed by atoms with Gasteiger partial charge in [-0.15, -0.1) is 0 Å². The van der Waals surface area contributed by atoms with Crippen LogP contribution in [0, 0.1) is 13.8 Å². The maximum atomic E-state index is 12.5. The number of rotatable bonds is 4. The first-order valence-electron chi connectivity index (χ1n) is 9.09. The number of carbonyl (C=O) groups excluding carboxylic acids is 1. The fourth-order valence-electron chi connectivity index (χ4n) is 3.33. The average molecular weight is 338 g/mol. The first-order chi connectivity index (χ1) is 12.1. The van der Waals surface area contributed by atoms with Crippen molar-refractivity contribution in [2.45, 2.75) is 58.4 Å². The van der Waals surface area contributed by atoms with E-state index in [1.54, 1.807) is 6.07 Å². The van der Waals surface area contributed by atoms with Gasteiger partial charge in [0.1, 0.15) is 17.8 Å². The molecule has 1 amide bonds. The van der Waals surface area contributed by atoms with Gasteiger partial charge < -0.3 is 10.6 Å². The van der Waals surface area contributed by atoms with E-state index in [0.717, 1.165) is 29.9 Å². The smallest absolute Gasteiger partial charge is 0.274 e. The topological polar surface area (TPSA) is 66.9 Å². The molecule has 1 heterocycles. The summed E-state index contributed by atoms with van der Waals surface area (Å²) in [5.74, 6) is 0.519. The van der Waals surface area contributed by atoms with Crippen LogP contribution in [0.25, 0.3) is 0 Å². The second kappa shape index (κ2) is 8.10. The molecule has 5 heteroatoms. The van der Waals surface area contributed by atoms with Gasteiger partial charge in [-0.3, -0.25) is 4.79 Å². The molecule has 0 saturated heterocycles. The van der Waals surface area contributed by atoms with Crippen molar-refractivity contribution >= 4 is 17.4 Å². The molecule has 132 valence electrons. The van der Waals surface area contributed by atoms with Gasteiger partial charge in [0.2, 0.25) is 0 Å². The predicted molar refractivity (Wildman–Crippen MR) is 101 cm³/mol. The molecular weight excluding hydrogens is 312 g/mol. The Morgan fingerprint density at radius 3 is 2.52 bits per heavy atom. The lowest BCUT2D eigenvalue weighted by atomic mass is 10.1. The van der Waals surface area contributed by atoms with Gasteiger partial charge in [0, 0.05) is 17.8 Å². The minimum absolute atomic E-state index is 0.210. The fourth-order valence-corrected chi connectivity index (χ4v) is 3.33. The van der Waals surface area contributed by atoms with Crippen LogP contribution in [-0.4, -0.2) is 21.9 Å². The molecule has 1 aromatic heterocycles. The van der Waals surface area contributed by atoms with Crippen molar-refractivity contribution in [1.29, 1.82) is 0 Å². The van der Waals surface area contributed by atoms with E-state index >= 15 is 0 Å². The van der Waals surface area contributed by atoms with Crippen molar-refractivity contribution in [2.75, 3.05) is 10.6 Å². The molecule has 0 spiro atoms. The molecule has 3 rings (SSSR count). The van der Waals surface area contributed by atoms with Crippen molar-refractivity contribution < 1.29 is 4.79 Å². The summed E-state index contributed by atoms with van der Waals surface area (Å²) in [6, 6.07) is 8.14. The van der Waals surface area contributed by atoms with Crippen molar-refractivity contribution in [3.05, 3.63) is 47.4 Å². The molecule has 0 radical (unpaired) electrons. The summed E-state index contributed by atoms with van der Waals surface area (Å²) in [4.78, 5) is 20.9. The van der Waals surface area contributed by atoms with Crippen molar-refractivity contribution in [3.8, 4) is 0 Å². The maximum Gasteiger partial charge on any atom is 0.274 e. The molecule has 1 aliphatic rings. The molecule has 0 atom stereocenters. The minimum Gasteiger partial charge on any atom is -0.367 e. The fraction of sp³-hybridized carbons (Fsp3) is 0.450. The molecule has 1 aliphatic carbocycles. The highest BCUT2D eigenvalue weighted by atomic mass is 16.1. The molecule has 2 aromatic rings. The average Bonchev–Trinajstić information content (AvgIpc) is 2.86. The highest BCUT2D eigenvalue weighted by Gasteiger charge is 2.15. The standard InChI is InChI=1S/C20H26N4O/c1-14-9-10-17(15(2)11-14)24-20(25)18-12-19(22-13-21-18)23-16-7-5-3-4-6-8-16/h9-13,16H,3-8H2,1-2H3,(H,24,25)(H,21,22,23). The quantitative estimate of drug-likeness (QED) is 0.807. The Kier molecular flexibility index (Phi) is 5.64. The highest BCUT2D eigenvalue weighted by Crippen LogP contribution is 2.21. The van der Waals surface area contributed by atoms with E-state index in [0.29, 0.717) is 11.7 Å². The van der Waals surface area contributed by atoms with Gasteiger partial charge in [-0.05, 0) is 38.3 Å². The monoisotopic (exact) mass is 338 g/mol. The summed E-state index contributed by atoms with van der Waals surface area (Å²) < 4.78 is 0. The molecule has 1 aromatic carbocycles. The highest BCUT2D eigenvalue weighted by molar-refractivity contribution is 6.03. The number of hydrogen-bond acceptors (Lipinski definition) is 4. The number of aromatic nitrogens is 2. The SMILES string of the molecule is Cc1ccc(NC(=O)c2cc(NC3CCCCCC3)ncn2)c(C)c1. The normalized spacial score (nSPS) is 15.4. The van der Waals surface area contributed by atoms with Crippen molar-refractivity contribution in [2.24, 2.45) is 0 Å². The Hall–Kier alpha value is -2.43. The Morgan fingerprint density at radius 1 is 1.04 bits per heavy atom. The lowest BCUT2D eigenvalue weighted by Crippen LogP contribution is -2.20. The second-order valence-electron chi connectivity index (χ2n) is 6.89. The van der Waals surface area contributed by atoms with Gasteiger partial charge in [-0.2, -0.15) is 0 Å². The summed E-state index contributed by atoms with van der Waals surface area (Å²) in [6.07, 6.45) is 8.90. The molecular formula is C20H26N4O. The third-order valence-electron chi connectivity index (χ3n) is 4.74. The molecule has 2 N–H and O–H groups in total. The molecule has 0 unspecified atom stereocenters. The number of aryl methyl sites for hydroxylation is 2. The summed E-state index contributed by atoms with van der Waals surface area (Å²) in [7, 11) is 0. The Bertz CT molecular complexity index is 736. The summed E-state index contributed by atoms with van der Waals surface area (Å²) in [5, 5.41) is 6.41. The van der Waals surface area contributed by atoms with Gasteiger partial charge in [0.15, 0.2) is 0 Å². The lowest BCUT2D eigenvalue weighted by Gasteiger charge is -2.17. The molecule has 1 saturated carbocycles. The summed E-state index contributed by atoms with van der Waals surface area (Å²) in [6.45, 7) is 4.02. The Labute approximate surface area is 149 Å². The summed E-state index contributed by atoms with van der Waals surface area (Å²) >= 11 is 0. The van der Waals surface area contributed by atoms with Gasteiger partial charge in [0.05, 0.1) is 0 Å². The van der Waals surface area contributed by atoms with Crippen LogP contribution in [0.5, 0.6) is 0 Å². The van der Waals surface area contributed by atoms with Crippen LogP contribution in [0.3, 0.4) is 0 Å². The first-order valence-corrected chi connectivity index (χ1v) is 9.09. The van der Waals surface area contributed by atoms with Gasteiger partial charge in [0.25, 0.3) is 5.91 Å². The zero-order valence-corrected chi connectivity index (χ0v) is 15.0. The third-order valence-corrected chi connectivity index (χ3v) is 4.74. The Morgan fingerprint density at radius 2 is 1.80 bits per heavy atom. The molecule has 0 aliphatic heterocycles. The largest absolute Gasteiger partial charge is 0.367 e. The van der Waals surface area contributed by atoms with Crippen molar-refractivity contribution in [3.63, 3.8) is 0 Å². The van der Waals surface area contributed by atoms with Crippen LogP contribution in [0.1, 0.15) is 60.1 Å². The predicted octanol–water partition coefficient (Wildman–Crippen LogP) is 4.48. The van der Waals surface area contributed by atoms with Crippen molar-refractivity contribution in [1.82, 2.24) is 9.97 Å². The van der Waals surface area contributed by atoms with Crippen LogP contribution < -0.4 is 10.6 Å². The molecule has 5 nitrogen and oxygen atoms in total. The van der Waals surface area contributed by atoms with Crippen LogP contribution in [0.2, 0.25) is 0 Å². The second-order valence-corrected chi connectivity index (χ2v) is 6.89. The van der Waals surface area contributed by atoms with Gasteiger partial charge >= 0.3 is 0 Å². The Balaban J connectivity index is 1.68. The van der Waals surface area contributed by atoms with E-state index in [2.05, 4.69) is 26.7 Å². The molecule has 0 bridgehead atoms.